The van der Waals surface area contributed by atoms with Gasteiger partial charge in [-0.3, -0.25) is 14.9 Å². The van der Waals surface area contributed by atoms with Gasteiger partial charge in [-0.2, -0.15) is 0 Å². The first-order valence-electron chi connectivity index (χ1n) is 9.15. The molecule has 0 aliphatic rings. The molecule has 0 radical (unpaired) electrons. The lowest BCUT2D eigenvalue weighted by molar-refractivity contribution is -0.383. The van der Waals surface area contributed by atoms with Crippen molar-refractivity contribution in [1.29, 1.82) is 0 Å². The first kappa shape index (κ1) is 21.9. The van der Waals surface area contributed by atoms with Gasteiger partial charge in [-0.05, 0) is 35.2 Å². The van der Waals surface area contributed by atoms with Gasteiger partial charge in [-0.15, -0.1) is 11.3 Å². The molecule has 0 spiro atoms. The van der Waals surface area contributed by atoms with E-state index in [1.54, 1.807) is 25.3 Å². The van der Waals surface area contributed by atoms with Crippen LogP contribution in [0.15, 0.2) is 36.4 Å². The zero-order valence-electron chi connectivity index (χ0n) is 17.4. The number of nitrogens with one attached hydrogen (secondary N) is 2. The van der Waals surface area contributed by atoms with Crippen LogP contribution in [0.1, 0.15) is 36.0 Å². The number of fused-ring (bicyclic) bond motifs is 1. The number of thiophene rings is 1. The van der Waals surface area contributed by atoms with E-state index >= 15 is 0 Å². The average molecular weight is 446 g/mol. The highest BCUT2D eigenvalue weighted by molar-refractivity contribution is 7.99. The smallest absolute Gasteiger partial charge is 0.278 e. The maximum atomic E-state index is 13.0. The molecule has 0 unspecified atom stereocenters. The summed E-state index contributed by atoms with van der Waals surface area (Å²) in [5.41, 5.74) is 2.18. The number of nitrogens with zero attached hydrogens (tertiary/aromatic N) is 1. The summed E-state index contributed by atoms with van der Waals surface area (Å²) in [7, 11) is 1.55. The van der Waals surface area contributed by atoms with Crippen LogP contribution >= 0.6 is 23.3 Å². The Morgan fingerprint density at radius 2 is 1.90 bits per heavy atom. The van der Waals surface area contributed by atoms with Crippen LogP contribution in [0.5, 0.6) is 5.75 Å². The van der Waals surface area contributed by atoms with Crippen LogP contribution in [-0.2, 0) is 5.41 Å². The molecule has 3 aromatic rings. The van der Waals surface area contributed by atoms with E-state index in [-0.39, 0.29) is 17.0 Å². The van der Waals surface area contributed by atoms with E-state index in [1.165, 1.54) is 29.4 Å². The molecule has 3 rings (SSSR count). The normalized spacial score (nSPS) is 11.4. The molecule has 0 fully saturated rings. The number of carbonyl (C=O) groups is 1. The van der Waals surface area contributed by atoms with Gasteiger partial charge in [0.2, 0.25) is 0 Å². The number of carbonyl (C=O) groups excluding carboxylic acids is 1. The van der Waals surface area contributed by atoms with Crippen LogP contribution < -0.4 is 14.8 Å². The maximum absolute atomic E-state index is 13.0. The first-order chi connectivity index (χ1) is 14.2. The van der Waals surface area contributed by atoms with Gasteiger partial charge in [0.25, 0.3) is 11.6 Å². The van der Waals surface area contributed by atoms with E-state index in [2.05, 4.69) is 30.8 Å². The molecule has 9 heteroatoms. The lowest BCUT2D eigenvalue weighted by Crippen LogP contribution is -2.15. The van der Waals surface area contributed by atoms with Crippen molar-refractivity contribution in [2.45, 2.75) is 26.2 Å². The second-order valence-electron chi connectivity index (χ2n) is 7.67. The Balaban J connectivity index is 2.04. The van der Waals surface area contributed by atoms with Gasteiger partial charge < -0.3 is 14.8 Å². The number of ether oxygens (including phenoxy) is 1. The summed E-state index contributed by atoms with van der Waals surface area (Å²) >= 11 is 2.65. The van der Waals surface area contributed by atoms with Gasteiger partial charge in [0, 0.05) is 17.0 Å². The number of anilines is 2. The van der Waals surface area contributed by atoms with E-state index < -0.39 is 4.92 Å². The van der Waals surface area contributed by atoms with E-state index in [0.29, 0.717) is 26.4 Å². The van der Waals surface area contributed by atoms with Gasteiger partial charge in [0.05, 0.1) is 33.7 Å². The molecule has 0 bridgehead atoms. The summed E-state index contributed by atoms with van der Waals surface area (Å²) in [6.07, 6.45) is 1.91. The van der Waals surface area contributed by atoms with Gasteiger partial charge >= 0.3 is 0 Å². The molecule has 0 saturated heterocycles. The summed E-state index contributed by atoms with van der Waals surface area (Å²) in [6, 6.07) is 10.3. The second-order valence-corrected chi connectivity index (χ2v) is 9.37. The number of amides is 1. The number of nitro groups is 1. The zero-order valence-corrected chi connectivity index (χ0v) is 19.0. The number of non-ortho nitro benzene ring substituents is 1. The van der Waals surface area contributed by atoms with Crippen LogP contribution in [-0.4, -0.2) is 24.2 Å². The van der Waals surface area contributed by atoms with Crippen molar-refractivity contribution in [3.05, 3.63) is 57.0 Å². The zero-order chi connectivity index (χ0) is 22.1. The highest BCUT2D eigenvalue weighted by atomic mass is 32.2. The molecule has 2 aromatic carbocycles. The third-order valence-electron chi connectivity index (χ3n) is 4.58. The fraction of sp³-hybridized carbons (Fsp3) is 0.286. The highest BCUT2D eigenvalue weighted by Crippen LogP contribution is 2.40. The molecular formula is C21H23N3O4S2. The highest BCUT2D eigenvalue weighted by Gasteiger charge is 2.22. The van der Waals surface area contributed by atoms with Gasteiger partial charge in [-0.1, -0.05) is 38.8 Å². The molecule has 2 N–H and O–H groups in total. The lowest BCUT2D eigenvalue weighted by atomic mass is 9.86. The molecule has 30 heavy (non-hydrogen) atoms. The number of benzene rings is 2. The number of hydrogen-bond acceptors (Lipinski definition) is 7. The van der Waals surface area contributed by atoms with Crippen LogP contribution in [0.3, 0.4) is 0 Å². The minimum Gasteiger partial charge on any atom is -0.492 e. The fourth-order valence-electron chi connectivity index (χ4n) is 3.06. The lowest BCUT2D eigenvalue weighted by Gasteiger charge is -2.23. The topological polar surface area (TPSA) is 93.5 Å². The number of rotatable bonds is 6. The maximum Gasteiger partial charge on any atom is 0.278 e. The van der Waals surface area contributed by atoms with E-state index in [0.717, 1.165) is 11.3 Å². The van der Waals surface area contributed by atoms with E-state index in [9.17, 15) is 14.9 Å². The largest absolute Gasteiger partial charge is 0.492 e. The molecule has 1 aromatic heterocycles. The minimum atomic E-state index is -0.438. The van der Waals surface area contributed by atoms with Gasteiger partial charge in [0.15, 0.2) is 5.75 Å². The summed E-state index contributed by atoms with van der Waals surface area (Å²) in [5, 5.41) is 14.7. The minimum absolute atomic E-state index is 0.0124. The monoisotopic (exact) mass is 445 g/mol. The van der Waals surface area contributed by atoms with Gasteiger partial charge in [0.1, 0.15) is 0 Å². The predicted octanol–water partition coefficient (Wildman–Crippen LogP) is 6.06. The van der Waals surface area contributed by atoms with Crippen molar-refractivity contribution in [3.8, 4) is 5.75 Å². The van der Waals surface area contributed by atoms with Crippen LogP contribution in [0.25, 0.3) is 10.1 Å². The van der Waals surface area contributed by atoms with Crippen molar-refractivity contribution in [2.75, 3.05) is 23.4 Å². The standard InChI is InChI=1S/C21H23N3O4S2/c1-21(2,3)12-9-14(19(28-4)15(10-12)23-29-5)22-20(25)18-11-13-16(24(26)27)7-6-8-17(13)30-18/h6-11,23H,1-5H3,(H,22,25). The average Bonchev–Trinajstić information content (AvgIpc) is 3.11. The number of methoxy groups -OCH3 is 1. The first-order valence-corrected chi connectivity index (χ1v) is 11.2. The second kappa shape index (κ2) is 8.53. The molecule has 158 valence electrons. The summed E-state index contributed by atoms with van der Waals surface area (Å²) in [4.78, 5) is 24.2. The third-order valence-corrected chi connectivity index (χ3v) is 6.10. The van der Waals surface area contributed by atoms with E-state index in [1.807, 2.05) is 18.4 Å². The molecular weight excluding hydrogens is 422 g/mol. The van der Waals surface area contributed by atoms with Crippen molar-refractivity contribution in [1.82, 2.24) is 0 Å². The Labute approximate surface area is 183 Å². The number of hydrogen-bond donors (Lipinski definition) is 2. The van der Waals surface area contributed by atoms with E-state index in [4.69, 9.17) is 4.74 Å². The summed E-state index contributed by atoms with van der Waals surface area (Å²) in [5.74, 6) is 0.183. The molecule has 1 amide bonds. The molecule has 0 atom stereocenters. The molecule has 7 nitrogen and oxygen atoms in total. The SMILES string of the molecule is COc1c(NSC)cc(C(C)(C)C)cc1NC(=O)c1cc2c([N+](=O)[O-])cccc2s1. The van der Waals surface area contributed by atoms with Crippen molar-refractivity contribution >= 4 is 56.3 Å². The van der Waals surface area contributed by atoms with Gasteiger partial charge in [-0.25, -0.2) is 0 Å². The molecule has 0 saturated carbocycles. The van der Waals surface area contributed by atoms with Crippen LogP contribution in [0.2, 0.25) is 0 Å². The van der Waals surface area contributed by atoms with Crippen LogP contribution in [0.4, 0.5) is 17.1 Å². The van der Waals surface area contributed by atoms with Crippen molar-refractivity contribution < 1.29 is 14.5 Å². The van der Waals surface area contributed by atoms with Crippen molar-refractivity contribution in [2.24, 2.45) is 0 Å². The van der Waals surface area contributed by atoms with Crippen molar-refractivity contribution in [3.63, 3.8) is 0 Å². The third kappa shape index (κ3) is 4.36. The predicted molar refractivity (Wildman–Crippen MR) is 125 cm³/mol. The number of nitro benzene ring substituents is 1. The Morgan fingerprint density at radius 1 is 1.20 bits per heavy atom. The molecule has 0 aliphatic carbocycles. The Bertz CT molecular complexity index is 1120. The summed E-state index contributed by atoms with van der Waals surface area (Å²) < 4.78 is 9.46. The fourth-order valence-corrected chi connectivity index (χ4v) is 4.41. The molecule has 1 heterocycles. The summed E-state index contributed by atoms with van der Waals surface area (Å²) in [6.45, 7) is 6.28. The van der Waals surface area contributed by atoms with Crippen LogP contribution in [0, 0.1) is 10.1 Å². The quantitative estimate of drug-likeness (QED) is 0.272. The Morgan fingerprint density at radius 3 is 2.50 bits per heavy atom. The Hall–Kier alpha value is -2.78. The Kier molecular flexibility index (Phi) is 6.23. The molecule has 0 aliphatic heterocycles.